The molecule has 34 heavy (non-hydrogen) atoms. The van der Waals surface area contributed by atoms with Gasteiger partial charge in [-0.1, -0.05) is 30.3 Å². The van der Waals surface area contributed by atoms with Gasteiger partial charge >= 0.3 is 5.97 Å². The third-order valence-corrected chi connectivity index (χ3v) is 9.00. The quantitative estimate of drug-likeness (QED) is 0.595. The number of amides is 1. The first-order valence-corrected chi connectivity index (χ1v) is 12.8. The number of hydrogen-bond donors (Lipinski definition) is 1. The molecule has 0 unspecified atom stereocenters. The lowest BCUT2D eigenvalue weighted by Crippen LogP contribution is -2.56. The molecule has 1 amide bonds. The fraction of sp³-hybridized carbons (Fsp3) is 0.517. The normalized spacial score (nSPS) is 33.1. The zero-order chi connectivity index (χ0) is 23.4. The highest BCUT2D eigenvalue weighted by atomic mass is 16.5. The van der Waals surface area contributed by atoms with Gasteiger partial charge in [0, 0.05) is 17.6 Å². The summed E-state index contributed by atoms with van der Waals surface area (Å²) < 4.78 is 6.05. The second kappa shape index (κ2) is 8.14. The van der Waals surface area contributed by atoms with Crippen molar-refractivity contribution in [3.8, 4) is 5.75 Å². The molecule has 2 aromatic rings. The predicted octanol–water partition coefficient (Wildman–Crippen LogP) is 5.78. The van der Waals surface area contributed by atoms with Gasteiger partial charge in [-0.2, -0.15) is 0 Å². The molecule has 7 rings (SSSR count). The minimum atomic E-state index is -0.831. The van der Waals surface area contributed by atoms with Crippen molar-refractivity contribution in [3.63, 3.8) is 0 Å². The molecule has 5 aliphatic rings. The Hall–Kier alpha value is -2.82. The van der Waals surface area contributed by atoms with Gasteiger partial charge in [0.1, 0.15) is 12.4 Å². The number of carbonyl (C=O) groups is 2. The van der Waals surface area contributed by atoms with Crippen LogP contribution in [0.3, 0.4) is 0 Å². The average Bonchev–Trinajstić information content (AvgIpc) is 3.07. The van der Waals surface area contributed by atoms with Crippen LogP contribution in [0.1, 0.15) is 68.9 Å². The van der Waals surface area contributed by atoms with E-state index in [0.29, 0.717) is 30.1 Å². The predicted molar refractivity (Wildman–Crippen MR) is 130 cm³/mol. The van der Waals surface area contributed by atoms with E-state index in [9.17, 15) is 14.7 Å². The molecule has 4 fully saturated rings. The summed E-state index contributed by atoms with van der Waals surface area (Å²) in [7, 11) is 0. The number of fused-ring (bicyclic) bond motifs is 1. The molecule has 4 saturated carbocycles. The van der Waals surface area contributed by atoms with Gasteiger partial charge in [0.25, 0.3) is 0 Å². The second-order valence-electron chi connectivity index (χ2n) is 11.3. The Kier molecular flexibility index (Phi) is 5.20. The van der Waals surface area contributed by atoms with Crippen molar-refractivity contribution in [1.82, 2.24) is 0 Å². The van der Waals surface area contributed by atoms with E-state index in [4.69, 9.17) is 4.74 Å². The van der Waals surface area contributed by atoms with Gasteiger partial charge in [-0.15, -0.1) is 0 Å². The third kappa shape index (κ3) is 3.60. The van der Waals surface area contributed by atoms with Crippen molar-refractivity contribution in [3.05, 3.63) is 59.7 Å². The molecular formula is C29H33NO4. The van der Waals surface area contributed by atoms with Crippen LogP contribution < -0.4 is 9.64 Å². The van der Waals surface area contributed by atoms with Crippen LogP contribution in [0.25, 0.3) is 0 Å². The number of hydrogen-bond acceptors (Lipinski definition) is 3. The van der Waals surface area contributed by atoms with E-state index in [0.717, 1.165) is 36.1 Å². The van der Waals surface area contributed by atoms with Crippen LogP contribution in [0, 0.1) is 23.2 Å². The van der Waals surface area contributed by atoms with E-state index in [2.05, 4.69) is 0 Å². The van der Waals surface area contributed by atoms with Gasteiger partial charge in [-0.25, -0.2) is 0 Å². The number of nitrogens with zero attached hydrogens (tertiary/aromatic N) is 1. The molecule has 2 atom stereocenters. The van der Waals surface area contributed by atoms with Crippen LogP contribution in [0.15, 0.2) is 48.5 Å². The Morgan fingerprint density at radius 3 is 2.26 bits per heavy atom. The van der Waals surface area contributed by atoms with E-state index < -0.39 is 5.97 Å². The Balaban J connectivity index is 1.31. The maximum absolute atomic E-state index is 14.2. The van der Waals surface area contributed by atoms with Gasteiger partial charge < -0.3 is 14.7 Å². The fourth-order valence-corrected chi connectivity index (χ4v) is 7.93. The van der Waals surface area contributed by atoms with Gasteiger partial charge in [-0.05, 0) is 92.5 Å². The van der Waals surface area contributed by atoms with Crippen LogP contribution in [-0.4, -0.2) is 23.0 Å². The zero-order valence-electron chi connectivity index (χ0n) is 19.8. The van der Waals surface area contributed by atoms with Crippen molar-refractivity contribution in [2.24, 2.45) is 23.2 Å². The lowest BCUT2D eigenvalue weighted by Gasteiger charge is -2.56. The minimum Gasteiger partial charge on any atom is -0.489 e. The van der Waals surface area contributed by atoms with Crippen molar-refractivity contribution in [1.29, 1.82) is 0 Å². The SMILES string of the molecule is C[C@@H]1[C@@H](CC(=O)O)c2cc(OCc3ccccc3)ccc2N1C(=O)C12CC3CC(CC(C3)C1)C2. The largest absolute Gasteiger partial charge is 0.489 e. The number of carboxylic acids is 1. The van der Waals surface area contributed by atoms with Gasteiger partial charge in [0.2, 0.25) is 5.91 Å². The second-order valence-corrected chi connectivity index (χ2v) is 11.3. The number of benzene rings is 2. The lowest BCUT2D eigenvalue weighted by molar-refractivity contribution is -0.144. The molecule has 1 heterocycles. The molecule has 1 aliphatic heterocycles. The van der Waals surface area contributed by atoms with E-state index in [-0.39, 0.29) is 29.7 Å². The Morgan fingerprint density at radius 2 is 1.65 bits per heavy atom. The van der Waals surface area contributed by atoms with Crippen molar-refractivity contribution < 1.29 is 19.4 Å². The number of anilines is 1. The van der Waals surface area contributed by atoms with Crippen molar-refractivity contribution >= 4 is 17.6 Å². The maximum Gasteiger partial charge on any atom is 0.304 e. The highest BCUT2D eigenvalue weighted by Gasteiger charge is 2.57. The molecule has 178 valence electrons. The van der Waals surface area contributed by atoms with E-state index in [1.807, 2.05) is 60.4 Å². The zero-order valence-corrected chi connectivity index (χ0v) is 19.8. The van der Waals surface area contributed by atoms with Gasteiger partial charge in [0.15, 0.2) is 0 Å². The Morgan fingerprint density at radius 1 is 1.00 bits per heavy atom. The monoisotopic (exact) mass is 459 g/mol. The Labute approximate surface area is 201 Å². The molecule has 0 saturated heterocycles. The number of ether oxygens (including phenoxy) is 1. The summed E-state index contributed by atoms with van der Waals surface area (Å²) in [6.07, 6.45) is 6.93. The maximum atomic E-state index is 14.2. The van der Waals surface area contributed by atoms with E-state index in [1.165, 1.54) is 19.3 Å². The van der Waals surface area contributed by atoms with Crippen LogP contribution in [0.4, 0.5) is 5.69 Å². The van der Waals surface area contributed by atoms with E-state index >= 15 is 0 Å². The van der Waals surface area contributed by atoms with Gasteiger partial charge in [-0.3, -0.25) is 9.59 Å². The molecule has 5 nitrogen and oxygen atoms in total. The standard InChI is InChI=1S/C29H33NO4/c1-18-24(13-27(31)32)25-12-23(34-17-19-5-3-2-4-6-19)7-8-26(25)30(18)28(33)29-14-20-9-21(15-29)11-22(10-20)16-29/h2-8,12,18,20-22,24H,9-11,13-17H2,1H3,(H,31,32)/t18-,20?,21?,22?,24-,29?/m1/s1. The topological polar surface area (TPSA) is 66.8 Å². The molecule has 4 aliphatic carbocycles. The molecule has 0 radical (unpaired) electrons. The summed E-state index contributed by atoms with van der Waals surface area (Å²) in [5, 5.41) is 9.66. The number of carbonyl (C=O) groups excluding carboxylic acids is 1. The fourth-order valence-electron chi connectivity index (χ4n) is 7.93. The molecule has 0 aromatic heterocycles. The number of rotatable bonds is 6. The first-order valence-electron chi connectivity index (χ1n) is 12.8. The average molecular weight is 460 g/mol. The first kappa shape index (κ1) is 21.7. The van der Waals surface area contributed by atoms with E-state index in [1.54, 1.807) is 0 Å². The van der Waals surface area contributed by atoms with Crippen LogP contribution in [0.2, 0.25) is 0 Å². The molecule has 1 N–H and O–H groups in total. The summed E-state index contributed by atoms with van der Waals surface area (Å²) in [6.45, 7) is 2.48. The summed E-state index contributed by atoms with van der Waals surface area (Å²) in [4.78, 5) is 28.0. The first-order chi connectivity index (χ1) is 16.4. The highest BCUT2D eigenvalue weighted by Crippen LogP contribution is 2.61. The van der Waals surface area contributed by atoms with Crippen LogP contribution in [-0.2, 0) is 16.2 Å². The van der Waals surface area contributed by atoms with Crippen LogP contribution >= 0.6 is 0 Å². The van der Waals surface area contributed by atoms with Gasteiger partial charge in [0.05, 0.1) is 11.8 Å². The lowest BCUT2D eigenvalue weighted by atomic mass is 9.49. The van der Waals surface area contributed by atoms with Crippen molar-refractivity contribution in [2.75, 3.05) is 4.90 Å². The number of aliphatic carboxylic acids is 1. The summed E-state index contributed by atoms with van der Waals surface area (Å²) in [6, 6.07) is 15.7. The number of carboxylic acid groups (broad SMARTS) is 1. The summed E-state index contributed by atoms with van der Waals surface area (Å²) in [5.41, 5.74) is 2.64. The third-order valence-electron chi connectivity index (χ3n) is 9.00. The minimum absolute atomic E-state index is 0.0148. The summed E-state index contributed by atoms with van der Waals surface area (Å²) >= 11 is 0. The highest BCUT2D eigenvalue weighted by molar-refractivity contribution is 6.01. The Bertz CT molecular complexity index is 1080. The molecule has 0 spiro atoms. The molecule has 5 heteroatoms. The molecule has 2 aromatic carbocycles. The molecular weight excluding hydrogens is 426 g/mol. The molecule has 4 bridgehead atoms. The van der Waals surface area contributed by atoms with Crippen molar-refractivity contribution in [2.45, 2.75) is 70.4 Å². The van der Waals surface area contributed by atoms with Crippen LogP contribution in [0.5, 0.6) is 5.75 Å². The smallest absolute Gasteiger partial charge is 0.304 e. The summed E-state index contributed by atoms with van der Waals surface area (Å²) in [5.74, 6) is 1.97.